The third kappa shape index (κ3) is 2.84. The summed E-state index contributed by atoms with van der Waals surface area (Å²) >= 11 is 1.85. The summed E-state index contributed by atoms with van der Waals surface area (Å²) in [6.07, 6.45) is 0. The molecule has 0 fully saturated rings. The van der Waals surface area contributed by atoms with Gasteiger partial charge in [0.2, 0.25) is 0 Å². The van der Waals surface area contributed by atoms with Crippen LogP contribution in [0.25, 0.3) is 11.1 Å². The molecule has 6 aromatic carbocycles. The minimum Gasteiger partial charge on any atom is -0.458 e. The van der Waals surface area contributed by atoms with E-state index in [4.69, 9.17) is 4.74 Å². The summed E-state index contributed by atoms with van der Waals surface area (Å²) in [7, 11) is -2.64. The zero-order chi connectivity index (χ0) is 26.3. The fraction of sp³-hybridized carbons (Fsp3) is 0. The highest BCUT2D eigenvalue weighted by molar-refractivity contribution is 7.99. The van der Waals surface area contributed by atoms with Crippen molar-refractivity contribution < 1.29 is 4.74 Å². The molecule has 0 radical (unpaired) electrons. The van der Waals surface area contributed by atoms with Gasteiger partial charge in [-0.15, -0.1) is 0 Å². The first kappa shape index (κ1) is 22.3. The molecule has 6 aromatic rings. The predicted octanol–water partition coefficient (Wildman–Crippen LogP) is 7.08. The lowest BCUT2D eigenvalue weighted by atomic mass is 10.0. The maximum absolute atomic E-state index is 6.56. The van der Waals surface area contributed by atoms with Gasteiger partial charge in [-0.2, -0.15) is 0 Å². The first-order valence-corrected chi connectivity index (χ1v) is 16.4. The van der Waals surface area contributed by atoms with Gasteiger partial charge in [0.05, 0.1) is 11.4 Å². The van der Waals surface area contributed by atoms with Crippen LogP contribution in [0.3, 0.4) is 0 Å². The van der Waals surface area contributed by atoms with Gasteiger partial charge >= 0.3 is 0 Å². The molecule has 3 aliphatic rings. The fourth-order valence-corrected chi connectivity index (χ4v) is 13.4. The monoisotopic (exact) mass is 545 g/mol. The van der Waals surface area contributed by atoms with E-state index in [1.54, 1.807) is 0 Å². The normalized spacial score (nSPS) is 14.8. The lowest BCUT2D eigenvalue weighted by Gasteiger charge is -2.38. The zero-order valence-electron chi connectivity index (χ0n) is 21.5. The first-order valence-electron chi connectivity index (χ1n) is 13.6. The minimum absolute atomic E-state index is 0.978. The molecule has 0 amide bonds. The summed E-state index contributed by atoms with van der Waals surface area (Å²) in [6, 6.07) is 51.1. The average Bonchev–Trinajstić information content (AvgIpc) is 3.30. The van der Waals surface area contributed by atoms with Crippen LogP contribution in [0.1, 0.15) is 0 Å². The smallest absolute Gasteiger partial charge is 0.189 e. The molecule has 188 valence electrons. The van der Waals surface area contributed by atoms with Crippen LogP contribution in [0.2, 0.25) is 0 Å². The van der Waals surface area contributed by atoms with E-state index in [1.807, 2.05) is 11.8 Å². The Morgan fingerprint density at radius 1 is 0.475 bits per heavy atom. The topological polar surface area (TPSA) is 12.5 Å². The van der Waals surface area contributed by atoms with Crippen molar-refractivity contribution in [3.63, 3.8) is 0 Å². The van der Waals surface area contributed by atoms with E-state index in [-0.39, 0.29) is 0 Å². The highest BCUT2D eigenvalue weighted by atomic mass is 32.2. The summed E-state index contributed by atoms with van der Waals surface area (Å²) < 4.78 is 6.56. The van der Waals surface area contributed by atoms with Crippen LogP contribution in [-0.2, 0) is 0 Å². The van der Waals surface area contributed by atoms with Crippen LogP contribution in [-0.4, -0.2) is 8.07 Å². The van der Waals surface area contributed by atoms with E-state index in [1.165, 1.54) is 58.7 Å². The second-order valence-corrected chi connectivity index (χ2v) is 15.2. The molecule has 0 aromatic heterocycles. The molecule has 1 spiro atoms. The summed E-state index contributed by atoms with van der Waals surface area (Å²) in [4.78, 5) is 5.00. The number of benzene rings is 6. The quantitative estimate of drug-likeness (QED) is 0.205. The second-order valence-electron chi connectivity index (χ2n) is 10.5. The van der Waals surface area contributed by atoms with Crippen molar-refractivity contribution in [2.75, 3.05) is 4.90 Å². The Morgan fingerprint density at radius 2 is 1.00 bits per heavy atom. The van der Waals surface area contributed by atoms with Crippen molar-refractivity contribution in [1.29, 1.82) is 0 Å². The van der Waals surface area contributed by atoms with Crippen molar-refractivity contribution in [3.8, 4) is 22.6 Å². The molecule has 2 nitrogen and oxygen atoms in total. The molecule has 0 N–H and O–H groups in total. The number of ether oxygens (including phenoxy) is 1. The van der Waals surface area contributed by atoms with Gasteiger partial charge < -0.3 is 9.64 Å². The fourth-order valence-electron chi connectivity index (χ4n) is 6.96. The molecule has 40 heavy (non-hydrogen) atoms. The highest BCUT2D eigenvalue weighted by Crippen LogP contribution is 2.51. The van der Waals surface area contributed by atoms with Gasteiger partial charge in [0, 0.05) is 15.5 Å². The van der Waals surface area contributed by atoms with Crippen LogP contribution in [0.15, 0.2) is 149 Å². The molecule has 0 bridgehead atoms. The lowest BCUT2D eigenvalue weighted by molar-refractivity contribution is 0.487. The van der Waals surface area contributed by atoms with Crippen LogP contribution < -0.4 is 30.4 Å². The Bertz CT molecular complexity index is 1910. The van der Waals surface area contributed by atoms with E-state index in [0.29, 0.717) is 0 Å². The molecular formula is C36H23NOSSi. The maximum Gasteiger partial charge on any atom is 0.189 e. The molecule has 9 rings (SSSR count). The van der Waals surface area contributed by atoms with Crippen molar-refractivity contribution in [2.45, 2.75) is 9.79 Å². The highest BCUT2D eigenvalue weighted by Gasteiger charge is 2.53. The average molecular weight is 546 g/mol. The van der Waals surface area contributed by atoms with Crippen LogP contribution in [0.4, 0.5) is 17.1 Å². The molecule has 0 atom stereocenters. The van der Waals surface area contributed by atoms with Gasteiger partial charge in [-0.3, -0.25) is 0 Å². The Balaban J connectivity index is 1.38. The number of nitrogens with zero attached hydrogens (tertiary/aromatic N) is 1. The zero-order valence-corrected chi connectivity index (χ0v) is 23.4. The van der Waals surface area contributed by atoms with E-state index in [9.17, 15) is 0 Å². The van der Waals surface area contributed by atoms with E-state index < -0.39 is 8.07 Å². The Hall–Kier alpha value is -4.51. The number of hydrogen-bond acceptors (Lipinski definition) is 3. The molecule has 4 heteroatoms. The molecule has 0 unspecified atom stereocenters. The van der Waals surface area contributed by atoms with Gasteiger partial charge in [-0.25, -0.2) is 0 Å². The van der Waals surface area contributed by atoms with Crippen LogP contribution >= 0.6 is 11.8 Å². The van der Waals surface area contributed by atoms with Crippen molar-refractivity contribution in [1.82, 2.24) is 0 Å². The minimum atomic E-state index is -2.64. The standard InChI is InChI=1S/C36H23NOSSi/c1-8-18-33-25(11-1)26-22-21-24(37-27-12-2-6-16-31(27)39-32-17-7-3-13-28(32)37)23-36(26)40(33)34-19-9-4-14-29(34)38-30-15-5-10-20-35(30)40/h1-23H. The van der Waals surface area contributed by atoms with E-state index in [2.05, 4.69) is 144 Å². The van der Waals surface area contributed by atoms with Crippen LogP contribution in [0, 0.1) is 0 Å². The number of hydrogen-bond donors (Lipinski definition) is 0. The van der Waals surface area contributed by atoms with Gasteiger partial charge in [0.25, 0.3) is 0 Å². The lowest BCUT2D eigenvalue weighted by Crippen LogP contribution is -2.74. The molecule has 0 aliphatic carbocycles. The third-order valence-corrected chi connectivity index (χ3v) is 14.6. The number of anilines is 3. The van der Waals surface area contributed by atoms with Gasteiger partial charge in [-0.1, -0.05) is 103 Å². The number of fused-ring (bicyclic) bond motifs is 11. The molecule has 0 saturated carbocycles. The molecule has 3 heterocycles. The van der Waals surface area contributed by atoms with E-state index in [0.717, 1.165) is 11.5 Å². The summed E-state index contributed by atoms with van der Waals surface area (Å²) in [5, 5.41) is 5.53. The third-order valence-electron chi connectivity index (χ3n) is 8.52. The van der Waals surface area contributed by atoms with Gasteiger partial charge in [0.1, 0.15) is 11.5 Å². The summed E-state index contributed by atoms with van der Waals surface area (Å²) in [5.41, 5.74) is 6.33. The Kier molecular flexibility index (Phi) is 4.60. The summed E-state index contributed by atoms with van der Waals surface area (Å²) in [5.74, 6) is 1.96. The van der Waals surface area contributed by atoms with Crippen molar-refractivity contribution in [2.24, 2.45) is 0 Å². The first-order chi connectivity index (χ1) is 19.8. The second kappa shape index (κ2) is 8.24. The van der Waals surface area contributed by atoms with Crippen molar-refractivity contribution in [3.05, 3.63) is 140 Å². The Labute approximate surface area is 238 Å². The SMILES string of the molecule is c1ccc2c(c1)Oc1ccccc1[Si]21c2ccccc2-c2ccc(N3c4ccccc4Sc4ccccc43)cc21. The molecule has 0 saturated heterocycles. The van der Waals surface area contributed by atoms with Gasteiger partial charge in [0.15, 0.2) is 8.07 Å². The van der Waals surface area contributed by atoms with Crippen molar-refractivity contribution >= 4 is 57.6 Å². The maximum atomic E-state index is 6.56. The predicted molar refractivity (Wildman–Crippen MR) is 168 cm³/mol. The number of rotatable bonds is 1. The summed E-state index contributed by atoms with van der Waals surface area (Å²) in [6.45, 7) is 0. The van der Waals surface area contributed by atoms with Gasteiger partial charge in [-0.05, 0) is 80.4 Å². The molecular weight excluding hydrogens is 523 g/mol. The van der Waals surface area contributed by atoms with E-state index >= 15 is 0 Å². The van der Waals surface area contributed by atoms with Crippen LogP contribution in [0.5, 0.6) is 11.5 Å². The largest absolute Gasteiger partial charge is 0.458 e. The Morgan fingerprint density at radius 3 is 1.68 bits per heavy atom. The molecule has 3 aliphatic heterocycles. The number of para-hydroxylation sites is 4.